The second-order valence-corrected chi connectivity index (χ2v) is 3.04. The average molecular weight is 203 g/mol. The van der Waals surface area contributed by atoms with Crippen molar-refractivity contribution in [2.75, 3.05) is 11.1 Å². The fourth-order valence-corrected chi connectivity index (χ4v) is 1.22. The SMILES string of the molecule is Nc1c(F)cccc1Nc1ccccn1. The number of para-hydroxylation sites is 1. The molecule has 0 aliphatic carbocycles. The Morgan fingerprint density at radius 1 is 1.13 bits per heavy atom. The van der Waals surface area contributed by atoms with E-state index in [2.05, 4.69) is 10.3 Å². The number of halogens is 1. The van der Waals surface area contributed by atoms with E-state index in [9.17, 15) is 4.39 Å². The summed E-state index contributed by atoms with van der Waals surface area (Å²) in [7, 11) is 0. The summed E-state index contributed by atoms with van der Waals surface area (Å²) in [5.41, 5.74) is 6.19. The number of nitrogen functional groups attached to an aromatic ring is 1. The number of nitrogens with one attached hydrogen (secondary N) is 1. The minimum atomic E-state index is -0.434. The maximum Gasteiger partial charge on any atom is 0.148 e. The zero-order chi connectivity index (χ0) is 10.7. The monoisotopic (exact) mass is 203 g/mol. The minimum Gasteiger partial charge on any atom is -0.395 e. The Hall–Kier alpha value is -2.10. The summed E-state index contributed by atoms with van der Waals surface area (Å²) < 4.78 is 13.1. The lowest BCUT2D eigenvalue weighted by molar-refractivity contribution is 0.633. The van der Waals surface area contributed by atoms with Crippen molar-refractivity contribution >= 4 is 17.2 Å². The van der Waals surface area contributed by atoms with Crippen LogP contribution in [0.25, 0.3) is 0 Å². The van der Waals surface area contributed by atoms with Gasteiger partial charge in [-0.05, 0) is 24.3 Å². The van der Waals surface area contributed by atoms with Gasteiger partial charge in [-0.1, -0.05) is 12.1 Å². The summed E-state index contributed by atoms with van der Waals surface area (Å²) >= 11 is 0. The van der Waals surface area contributed by atoms with Crippen molar-refractivity contribution in [3.05, 3.63) is 48.4 Å². The number of rotatable bonds is 2. The van der Waals surface area contributed by atoms with Crippen molar-refractivity contribution in [3.63, 3.8) is 0 Å². The predicted octanol–water partition coefficient (Wildman–Crippen LogP) is 2.55. The Morgan fingerprint density at radius 2 is 2.00 bits per heavy atom. The van der Waals surface area contributed by atoms with Gasteiger partial charge in [-0.25, -0.2) is 9.37 Å². The Morgan fingerprint density at radius 3 is 2.73 bits per heavy atom. The second kappa shape index (κ2) is 3.96. The van der Waals surface area contributed by atoms with E-state index in [1.54, 1.807) is 30.5 Å². The topological polar surface area (TPSA) is 50.9 Å². The molecule has 1 aromatic carbocycles. The molecule has 0 bridgehead atoms. The highest BCUT2D eigenvalue weighted by atomic mass is 19.1. The molecule has 3 nitrogen and oxygen atoms in total. The lowest BCUT2D eigenvalue weighted by Crippen LogP contribution is -1.99. The molecule has 4 heteroatoms. The second-order valence-electron chi connectivity index (χ2n) is 3.04. The first-order valence-electron chi connectivity index (χ1n) is 4.49. The van der Waals surface area contributed by atoms with Crippen molar-refractivity contribution < 1.29 is 4.39 Å². The first-order chi connectivity index (χ1) is 7.27. The Balaban J connectivity index is 2.29. The highest BCUT2D eigenvalue weighted by Gasteiger charge is 2.04. The Bertz CT molecular complexity index is 457. The van der Waals surface area contributed by atoms with E-state index >= 15 is 0 Å². The van der Waals surface area contributed by atoms with Gasteiger partial charge in [0.15, 0.2) is 0 Å². The Labute approximate surface area is 86.8 Å². The standard InChI is InChI=1S/C11H10FN3/c12-8-4-3-5-9(11(8)13)15-10-6-1-2-7-14-10/h1-7H,13H2,(H,14,15). The fraction of sp³-hybridized carbons (Fsp3) is 0. The van der Waals surface area contributed by atoms with Gasteiger partial charge in [-0.2, -0.15) is 0 Å². The van der Waals surface area contributed by atoms with Crippen LogP contribution in [0.2, 0.25) is 0 Å². The lowest BCUT2D eigenvalue weighted by atomic mass is 10.2. The third-order valence-corrected chi connectivity index (χ3v) is 1.98. The van der Waals surface area contributed by atoms with Gasteiger partial charge in [0, 0.05) is 6.20 Å². The van der Waals surface area contributed by atoms with Gasteiger partial charge < -0.3 is 11.1 Å². The number of anilines is 3. The van der Waals surface area contributed by atoms with Gasteiger partial charge in [0.1, 0.15) is 11.6 Å². The number of hydrogen-bond donors (Lipinski definition) is 2. The number of hydrogen-bond acceptors (Lipinski definition) is 3. The molecule has 0 amide bonds. The van der Waals surface area contributed by atoms with Crippen LogP contribution in [0.1, 0.15) is 0 Å². The molecule has 0 atom stereocenters. The van der Waals surface area contributed by atoms with E-state index in [-0.39, 0.29) is 5.69 Å². The zero-order valence-electron chi connectivity index (χ0n) is 7.94. The van der Waals surface area contributed by atoms with Crippen molar-refractivity contribution in [3.8, 4) is 0 Å². The average Bonchev–Trinajstić information content (AvgIpc) is 2.26. The number of pyridine rings is 1. The molecule has 15 heavy (non-hydrogen) atoms. The molecule has 1 aromatic heterocycles. The summed E-state index contributed by atoms with van der Waals surface area (Å²) in [4.78, 5) is 4.06. The van der Waals surface area contributed by atoms with Gasteiger partial charge in [0.2, 0.25) is 0 Å². The quantitative estimate of drug-likeness (QED) is 0.737. The summed E-state index contributed by atoms with van der Waals surface area (Å²) in [6, 6.07) is 10.0. The van der Waals surface area contributed by atoms with Gasteiger partial charge in [-0.3, -0.25) is 0 Å². The molecule has 0 unspecified atom stereocenters. The smallest absolute Gasteiger partial charge is 0.148 e. The number of aromatic nitrogens is 1. The van der Waals surface area contributed by atoms with Gasteiger partial charge >= 0.3 is 0 Å². The fourth-order valence-electron chi connectivity index (χ4n) is 1.22. The number of benzene rings is 1. The lowest BCUT2D eigenvalue weighted by Gasteiger charge is -2.08. The molecule has 0 saturated carbocycles. The molecule has 1 heterocycles. The predicted molar refractivity (Wildman–Crippen MR) is 58.3 cm³/mol. The first kappa shape index (κ1) is 9.45. The van der Waals surface area contributed by atoms with Crippen LogP contribution in [-0.4, -0.2) is 4.98 Å². The first-order valence-corrected chi connectivity index (χ1v) is 4.49. The molecule has 0 saturated heterocycles. The van der Waals surface area contributed by atoms with Crippen LogP contribution in [0.5, 0.6) is 0 Å². The zero-order valence-corrected chi connectivity index (χ0v) is 7.94. The van der Waals surface area contributed by atoms with Gasteiger partial charge in [0.05, 0.1) is 11.4 Å². The van der Waals surface area contributed by atoms with Crippen LogP contribution >= 0.6 is 0 Å². The molecule has 0 fully saturated rings. The third kappa shape index (κ3) is 2.04. The molecule has 3 N–H and O–H groups in total. The van der Waals surface area contributed by atoms with E-state index in [4.69, 9.17) is 5.73 Å². The molecular formula is C11H10FN3. The van der Waals surface area contributed by atoms with Crippen LogP contribution in [-0.2, 0) is 0 Å². The minimum absolute atomic E-state index is 0.100. The van der Waals surface area contributed by atoms with Crippen molar-refractivity contribution in [1.82, 2.24) is 4.98 Å². The molecule has 2 rings (SSSR count). The van der Waals surface area contributed by atoms with Crippen LogP contribution in [0.4, 0.5) is 21.6 Å². The summed E-state index contributed by atoms with van der Waals surface area (Å²) in [6.07, 6.45) is 1.65. The van der Waals surface area contributed by atoms with Crippen molar-refractivity contribution in [2.45, 2.75) is 0 Å². The van der Waals surface area contributed by atoms with Crippen LogP contribution in [0.15, 0.2) is 42.6 Å². The van der Waals surface area contributed by atoms with E-state index < -0.39 is 5.82 Å². The molecule has 2 aromatic rings. The molecule has 0 aliphatic heterocycles. The summed E-state index contributed by atoms with van der Waals surface area (Å²) in [5.74, 6) is 0.200. The molecule has 76 valence electrons. The molecular weight excluding hydrogens is 193 g/mol. The largest absolute Gasteiger partial charge is 0.395 e. The third-order valence-electron chi connectivity index (χ3n) is 1.98. The van der Waals surface area contributed by atoms with Crippen molar-refractivity contribution in [2.24, 2.45) is 0 Å². The molecule has 0 spiro atoms. The van der Waals surface area contributed by atoms with Gasteiger partial charge in [0.25, 0.3) is 0 Å². The van der Waals surface area contributed by atoms with Crippen LogP contribution in [0.3, 0.4) is 0 Å². The van der Waals surface area contributed by atoms with E-state index in [1.165, 1.54) is 6.07 Å². The normalized spacial score (nSPS) is 9.93. The Kier molecular flexibility index (Phi) is 2.49. The highest BCUT2D eigenvalue weighted by molar-refractivity contribution is 5.71. The van der Waals surface area contributed by atoms with Crippen LogP contribution < -0.4 is 11.1 Å². The number of nitrogens with zero attached hydrogens (tertiary/aromatic N) is 1. The van der Waals surface area contributed by atoms with Crippen molar-refractivity contribution in [1.29, 1.82) is 0 Å². The maximum atomic E-state index is 13.1. The van der Waals surface area contributed by atoms with E-state index in [1.807, 2.05) is 6.07 Å². The summed E-state index contributed by atoms with van der Waals surface area (Å²) in [6.45, 7) is 0. The van der Waals surface area contributed by atoms with Crippen LogP contribution in [0, 0.1) is 5.82 Å². The van der Waals surface area contributed by atoms with Gasteiger partial charge in [-0.15, -0.1) is 0 Å². The van der Waals surface area contributed by atoms with E-state index in [0.29, 0.717) is 11.5 Å². The molecule has 0 radical (unpaired) electrons. The maximum absolute atomic E-state index is 13.1. The van der Waals surface area contributed by atoms with E-state index in [0.717, 1.165) is 0 Å². The number of nitrogens with two attached hydrogens (primary N) is 1. The highest BCUT2D eigenvalue weighted by Crippen LogP contribution is 2.23. The summed E-state index contributed by atoms with van der Waals surface area (Å²) in [5, 5.41) is 2.94. The molecule has 0 aliphatic rings.